The van der Waals surface area contributed by atoms with E-state index in [1.807, 2.05) is 0 Å². The molecule has 7 heteroatoms. The fourth-order valence-electron chi connectivity index (χ4n) is 3.79. The number of carbonyl (C=O) groups excluding carboxylic acids is 1. The lowest BCUT2D eigenvalue weighted by Crippen LogP contribution is -2.36. The molecule has 1 fully saturated rings. The summed E-state index contributed by atoms with van der Waals surface area (Å²) < 4.78 is 13.1. The molecule has 1 aliphatic heterocycles. The van der Waals surface area contributed by atoms with Crippen LogP contribution in [0.1, 0.15) is 23.2 Å². The quantitative estimate of drug-likeness (QED) is 0.382. The number of pyridine rings is 1. The van der Waals surface area contributed by atoms with Crippen LogP contribution in [0, 0.1) is 21.8 Å². The highest BCUT2D eigenvalue weighted by Gasteiger charge is 2.27. The molecular formula is C21H18FN3O3. The molecule has 28 heavy (non-hydrogen) atoms. The van der Waals surface area contributed by atoms with Crippen LogP contribution in [0.3, 0.4) is 0 Å². The highest BCUT2D eigenvalue weighted by molar-refractivity contribution is 5.99. The van der Waals surface area contributed by atoms with Crippen LogP contribution in [0.4, 0.5) is 15.8 Å². The Labute approximate surface area is 160 Å². The third-order valence-corrected chi connectivity index (χ3v) is 5.26. The van der Waals surface area contributed by atoms with Gasteiger partial charge in [0, 0.05) is 36.8 Å². The van der Waals surface area contributed by atoms with Gasteiger partial charge in [-0.2, -0.15) is 0 Å². The molecule has 2 heterocycles. The Balaban J connectivity index is 1.54. The molecule has 0 unspecified atom stereocenters. The Kier molecular flexibility index (Phi) is 4.73. The van der Waals surface area contributed by atoms with Gasteiger partial charge in [-0.1, -0.05) is 0 Å². The van der Waals surface area contributed by atoms with E-state index in [2.05, 4.69) is 9.88 Å². The van der Waals surface area contributed by atoms with Gasteiger partial charge >= 0.3 is 0 Å². The van der Waals surface area contributed by atoms with Crippen LogP contribution in [0.15, 0.2) is 54.7 Å². The molecule has 0 bridgehead atoms. The molecule has 4 rings (SSSR count). The van der Waals surface area contributed by atoms with Crippen LogP contribution < -0.4 is 4.90 Å². The number of ketones is 1. The number of anilines is 1. The van der Waals surface area contributed by atoms with E-state index in [1.165, 1.54) is 30.3 Å². The summed E-state index contributed by atoms with van der Waals surface area (Å²) in [5.74, 6) is -0.436. The first-order chi connectivity index (χ1) is 13.5. The number of aromatic nitrogens is 1. The van der Waals surface area contributed by atoms with E-state index in [-0.39, 0.29) is 23.2 Å². The van der Waals surface area contributed by atoms with Crippen molar-refractivity contribution in [1.82, 2.24) is 4.98 Å². The second kappa shape index (κ2) is 7.34. The van der Waals surface area contributed by atoms with Crippen molar-refractivity contribution in [2.24, 2.45) is 5.92 Å². The molecule has 3 aromatic rings. The predicted octanol–water partition coefficient (Wildman–Crippen LogP) is 4.38. The van der Waals surface area contributed by atoms with Crippen molar-refractivity contribution < 1.29 is 14.1 Å². The number of carbonyl (C=O) groups is 1. The van der Waals surface area contributed by atoms with Crippen LogP contribution >= 0.6 is 0 Å². The first kappa shape index (κ1) is 18.0. The summed E-state index contributed by atoms with van der Waals surface area (Å²) in [7, 11) is 0. The number of hydrogen-bond acceptors (Lipinski definition) is 5. The zero-order chi connectivity index (χ0) is 19.7. The maximum absolute atomic E-state index is 13.1. The maximum atomic E-state index is 13.1. The summed E-state index contributed by atoms with van der Waals surface area (Å²) >= 11 is 0. The largest absolute Gasteiger partial charge is 0.370 e. The van der Waals surface area contributed by atoms with Crippen LogP contribution in [-0.2, 0) is 0 Å². The van der Waals surface area contributed by atoms with Crippen molar-refractivity contribution in [1.29, 1.82) is 0 Å². The average molecular weight is 379 g/mol. The number of nitro groups is 1. The Morgan fingerprint density at radius 3 is 2.50 bits per heavy atom. The lowest BCUT2D eigenvalue weighted by atomic mass is 9.88. The highest BCUT2D eigenvalue weighted by Crippen LogP contribution is 2.34. The van der Waals surface area contributed by atoms with Gasteiger partial charge in [-0.05, 0) is 55.3 Å². The molecule has 0 atom stereocenters. The van der Waals surface area contributed by atoms with Crippen molar-refractivity contribution in [2.75, 3.05) is 18.0 Å². The molecule has 0 saturated carbocycles. The van der Waals surface area contributed by atoms with Gasteiger partial charge in [0.15, 0.2) is 5.78 Å². The molecule has 142 valence electrons. The summed E-state index contributed by atoms with van der Waals surface area (Å²) in [5, 5.41) is 11.8. The summed E-state index contributed by atoms with van der Waals surface area (Å²) in [6, 6.07) is 12.3. The maximum Gasteiger partial charge on any atom is 0.278 e. The second-order valence-electron chi connectivity index (χ2n) is 6.89. The normalized spacial score (nSPS) is 15.0. The summed E-state index contributed by atoms with van der Waals surface area (Å²) in [6.07, 6.45) is 2.96. The molecule has 1 aliphatic rings. The zero-order valence-electron chi connectivity index (χ0n) is 15.0. The van der Waals surface area contributed by atoms with Gasteiger partial charge in [0.25, 0.3) is 5.69 Å². The van der Waals surface area contributed by atoms with Crippen LogP contribution in [0.25, 0.3) is 10.9 Å². The van der Waals surface area contributed by atoms with Gasteiger partial charge in [-0.25, -0.2) is 4.39 Å². The number of halogens is 1. The fraction of sp³-hybridized carbons (Fsp3) is 0.238. The predicted molar refractivity (Wildman–Crippen MR) is 104 cm³/mol. The number of hydrogen-bond donors (Lipinski definition) is 0. The first-order valence-corrected chi connectivity index (χ1v) is 9.11. The SMILES string of the molecule is O=C(c1ccc(F)cc1)C1CCN(c2ccc([N+](=O)[O-])c3cccnc23)CC1. The molecule has 0 N–H and O–H groups in total. The Hall–Kier alpha value is -3.35. The smallest absolute Gasteiger partial charge is 0.278 e. The molecule has 0 aliphatic carbocycles. The topological polar surface area (TPSA) is 76.3 Å². The number of Topliss-reactive ketones (excluding diaryl/α,β-unsaturated/α-hetero) is 1. The average Bonchev–Trinajstić information content (AvgIpc) is 2.73. The van der Waals surface area contributed by atoms with Crippen LogP contribution in [0.2, 0.25) is 0 Å². The lowest BCUT2D eigenvalue weighted by Gasteiger charge is -2.33. The van der Waals surface area contributed by atoms with Crippen molar-refractivity contribution >= 4 is 28.1 Å². The van der Waals surface area contributed by atoms with Crippen LogP contribution in [0.5, 0.6) is 0 Å². The van der Waals surface area contributed by atoms with Gasteiger partial charge in [0.05, 0.1) is 16.0 Å². The highest BCUT2D eigenvalue weighted by atomic mass is 19.1. The number of piperidine rings is 1. The van der Waals surface area contributed by atoms with Gasteiger partial charge in [-0.15, -0.1) is 0 Å². The van der Waals surface area contributed by atoms with Gasteiger partial charge in [-0.3, -0.25) is 19.9 Å². The summed E-state index contributed by atoms with van der Waals surface area (Å²) in [6.45, 7) is 1.31. The van der Waals surface area contributed by atoms with Gasteiger partial charge in [0.1, 0.15) is 11.3 Å². The molecule has 1 saturated heterocycles. The summed E-state index contributed by atoms with van der Waals surface area (Å²) in [4.78, 5) is 30.0. The number of rotatable bonds is 4. The Bertz CT molecular complexity index is 1040. The monoisotopic (exact) mass is 379 g/mol. The minimum absolute atomic E-state index is 0.0336. The Morgan fingerprint density at radius 2 is 1.82 bits per heavy atom. The fourth-order valence-corrected chi connectivity index (χ4v) is 3.79. The van der Waals surface area contributed by atoms with E-state index >= 15 is 0 Å². The number of nitrogens with zero attached hydrogens (tertiary/aromatic N) is 3. The molecule has 0 radical (unpaired) electrons. The van der Waals surface area contributed by atoms with E-state index in [4.69, 9.17) is 0 Å². The van der Waals surface area contributed by atoms with E-state index < -0.39 is 4.92 Å². The second-order valence-corrected chi connectivity index (χ2v) is 6.89. The van der Waals surface area contributed by atoms with Crippen LogP contribution in [-0.4, -0.2) is 28.8 Å². The van der Waals surface area contributed by atoms with Crippen molar-refractivity contribution in [3.8, 4) is 0 Å². The molecule has 2 aromatic carbocycles. The number of non-ortho nitro benzene ring substituents is 1. The standard InChI is InChI=1S/C21H18FN3O3/c22-16-5-3-14(4-6-16)21(26)15-9-12-24(13-10-15)19-8-7-18(25(27)28)17-2-1-11-23-20(17)19/h1-8,11,15H,9-10,12-13H2. The number of fused-ring (bicyclic) bond motifs is 1. The third-order valence-electron chi connectivity index (χ3n) is 5.26. The molecular weight excluding hydrogens is 361 g/mol. The number of nitro benzene ring substituents is 1. The van der Waals surface area contributed by atoms with Crippen molar-refractivity contribution in [3.63, 3.8) is 0 Å². The molecule has 0 spiro atoms. The lowest BCUT2D eigenvalue weighted by molar-refractivity contribution is -0.383. The van der Waals surface area contributed by atoms with E-state index in [0.29, 0.717) is 42.4 Å². The van der Waals surface area contributed by atoms with E-state index in [1.54, 1.807) is 24.4 Å². The minimum atomic E-state index is -0.401. The number of benzene rings is 2. The molecule has 1 aromatic heterocycles. The first-order valence-electron chi connectivity index (χ1n) is 9.11. The van der Waals surface area contributed by atoms with Gasteiger partial charge in [0.2, 0.25) is 0 Å². The Morgan fingerprint density at radius 1 is 1.11 bits per heavy atom. The van der Waals surface area contributed by atoms with Gasteiger partial charge < -0.3 is 4.90 Å². The minimum Gasteiger partial charge on any atom is -0.370 e. The van der Waals surface area contributed by atoms with Crippen molar-refractivity contribution in [3.05, 3.63) is 76.2 Å². The third kappa shape index (κ3) is 3.31. The zero-order valence-corrected chi connectivity index (χ0v) is 15.0. The molecule has 6 nitrogen and oxygen atoms in total. The van der Waals surface area contributed by atoms with E-state index in [0.717, 1.165) is 5.69 Å². The molecule has 0 amide bonds. The van der Waals surface area contributed by atoms with E-state index in [9.17, 15) is 19.3 Å². The van der Waals surface area contributed by atoms with Crippen molar-refractivity contribution in [2.45, 2.75) is 12.8 Å². The summed E-state index contributed by atoms with van der Waals surface area (Å²) in [5.41, 5.74) is 2.00.